The van der Waals surface area contributed by atoms with Gasteiger partial charge < -0.3 is 4.42 Å². The lowest BCUT2D eigenvalue weighted by Gasteiger charge is -2.34. The van der Waals surface area contributed by atoms with Crippen molar-refractivity contribution in [2.75, 3.05) is 13.1 Å². The molecule has 4 heteroatoms. The number of rotatable bonds is 3. The third-order valence-electron chi connectivity index (χ3n) is 4.87. The van der Waals surface area contributed by atoms with Gasteiger partial charge in [0.1, 0.15) is 11.3 Å². The van der Waals surface area contributed by atoms with Gasteiger partial charge in [0.2, 0.25) is 5.89 Å². The molecule has 4 rings (SSSR count). The topological polar surface area (TPSA) is 29.3 Å². The van der Waals surface area contributed by atoms with Gasteiger partial charge in [-0.3, -0.25) is 4.90 Å². The van der Waals surface area contributed by atoms with Gasteiger partial charge in [-0.05, 0) is 54.2 Å². The second-order valence-corrected chi connectivity index (χ2v) is 7.47. The van der Waals surface area contributed by atoms with E-state index in [4.69, 9.17) is 4.42 Å². The lowest BCUT2D eigenvalue weighted by Crippen LogP contribution is -2.38. The fraction of sp³-hybridized carbons (Fsp3) is 0.381. The van der Waals surface area contributed by atoms with Gasteiger partial charge in [-0.1, -0.05) is 26.0 Å². The summed E-state index contributed by atoms with van der Waals surface area (Å²) in [5, 5.41) is 0. The molecule has 25 heavy (non-hydrogen) atoms. The van der Waals surface area contributed by atoms with Crippen molar-refractivity contribution >= 4 is 11.1 Å². The highest BCUT2D eigenvalue weighted by atomic mass is 19.1. The van der Waals surface area contributed by atoms with Gasteiger partial charge in [0.25, 0.3) is 0 Å². The van der Waals surface area contributed by atoms with Crippen LogP contribution in [0, 0.1) is 17.7 Å². The maximum Gasteiger partial charge on any atom is 0.227 e. The van der Waals surface area contributed by atoms with E-state index < -0.39 is 0 Å². The average molecular weight is 338 g/mol. The van der Waals surface area contributed by atoms with E-state index in [0.29, 0.717) is 11.5 Å². The molecule has 2 heterocycles. The number of oxazole rings is 1. The van der Waals surface area contributed by atoms with Crippen molar-refractivity contribution in [1.29, 1.82) is 0 Å². The number of hydrogen-bond donors (Lipinski definition) is 0. The van der Waals surface area contributed by atoms with E-state index in [2.05, 4.69) is 35.9 Å². The normalized spacial score (nSPS) is 21.7. The fourth-order valence-electron chi connectivity index (χ4n) is 4.00. The van der Waals surface area contributed by atoms with Crippen LogP contribution in [0.25, 0.3) is 22.6 Å². The molecule has 1 saturated heterocycles. The van der Waals surface area contributed by atoms with Crippen molar-refractivity contribution in [3.05, 3.63) is 53.8 Å². The predicted octanol–water partition coefficient (Wildman–Crippen LogP) is 5.11. The van der Waals surface area contributed by atoms with Crippen LogP contribution in [-0.2, 0) is 6.54 Å². The molecule has 0 spiro atoms. The summed E-state index contributed by atoms with van der Waals surface area (Å²) in [6, 6.07) is 12.5. The average Bonchev–Trinajstić information content (AvgIpc) is 2.97. The highest BCUT2D eigenvalue weighted by Crippen LogP contribution is 2.27. The van der Waals surface area contributed by atoms with Crippen LogP contribution < -0.4 is 0 Å². The Balaban J connectivity index is 1.58. The maximum absolute atomic E-state index is 13.4. The number of benzene rings is 2. The van der Waals surface area contributed by atoms with E-state index in [-0.39, 0.29) is 5.82 Å². The molecule has 1 fully saturated rings. The minimum atomic E-state index is -0.284. The van der Waals surface area contributed by atoms with Gasteiger partial charge in [0.15, 0.2) is 5.58 Å². The molecule has 1 aromatic heterocycles. The Hall–Kier alpha value is -2.20. The number of piperidine rings is 1. The second-order valence-electron chi connectivity index (χ2n) is 7.47. The molecule has 0 bridgehead atoms. The lowest BCUT2D eigenvalue weighted by atomic mass is 9.91. The number of aromatic nitrogens is 1. The van der Waals surface area contributed by atoms with Crippen molar-refractivity contribution in [1.82, 2.24) is 9.88 Å². The molecule has 1 aliphatic rings. The largest absolute Gasteiger partial charge is 0.436 e. The first kappa shape index (κ1) is 16.3. The van der Waals surface area contributed by atoms with E-state index in [1.807, 2.05) is 12.1 Å². The highest BCUT2D eigenvalue weighted by Gasteiger charge is 2.22. The molecule has 3 aromatic rings. The standard InChI is InChI=1S/C21H23FN2O/c1-14-8-15(2)12-24(11-14)13-16-6-7-20-19(9-16)23-21(25-20)17-4-3-5-18(22)10-17/h3-7,9-10,14-15H,8,11-13H2,1-2H3/t14-,15-/m0/s1. The first-order valence-corrected chi connectivity index (χ1v) is 8.94. The monoisotopic (exact) mass is 338 g/mol. The first-order valence-electron chi connectivity index (χ1n) is 8.94. The lowest BCUT2D eigenvalue weighted by molar-refractivity contribution is 0.134. The Bertz CT molecular complexity index is 878. The molecule has 0 amide bonds. The van der Waals surface area contributed by atoms with Gasteiger partial charge in [-0.15, -0.1) is 0 Å². The summed E-state index contributed by atoms with van der Waals surface area (Å²) in [7, 11) is 0. The molecule has 130 valence electrons. The Morgan fingerprint density at radius 3 is 2.68 bits per heavy atom. The van der Waals surface area contributed by atoms with Gasteiger partial charge >= 0.3 is 0 Å². The quantitative estimate of drug-likeness (QED) is 0.664. The van der Waals surface area contributed by atoms with Crippen molar-refractivity contribution < 1.29 is 8.81 Å². The minimum Gasteiger partial charge on any atom is -0.436 e. The fourth-order valence-corrected chi connectivity index (χ4v) is 4.00. The van der Waals surface area contributed by atoms with Gasteiger partial charge in [-0.25, -0.2) is 9.37 Å². The van der Waals surface area contributed by atoms with Crippen LogP contribution in [0.4, 0.5) is 4.39 Å². The van der Waals surface area contributed by atoms with E-state index in [1.54, 1.807) is 6.07 Å². The van der Waals surface area contributed by atoms with Gasteiger partial charge in [0, 0.05) is 25.2 Å². The van der Waals surface area contributed by atoms with E-state index in [9.17, 15) is 4.39 Å². The third kappa shape index (κ3) is 3.59. The molecular formula is C21H23FN2O. The van der Waals surface area contributed by atoms with Gasteiger partial charge in [-0.2, -0.15) is 0 Å². The Labute approximate surface area is 147 Å². The van der Waals surface area contributed by atoms with Crippen LogP contribution in [-0.4, -0.2) is 23.0 Å². The Kier molecular flexibility index (Phi) is 4.30. The molecular weight excluding hydrogens is 315 g/mol. The molecule has 3 nitrogen and oxygen atoms in total. The molecule has 2 aromatic carbocycles. The molecule has 1 aliphatic heterocycles. The zero-order chi connectivity index (χ0) is 17.4. The van der Waals surface area contributed by atoms with Crippen molar-refractivity contribution in [3.8, 4) is 11.5 Å². The summed E-state index contributed by atoms with van der Waals surface area (Å²) in [4.78, 5) is 7.08. The smallest absolute Gasteiger partial charge is 0.227 e. The summed E-state index contributed by atoms with van der Waals surface area (Å²) in [5.74, 6) is 1.68. The maximum atomic E-state index is 13.4. The van der Waals surface area contributed by atoms with Crippen LogP contribution in [0.15, 0.2) is 46.9 Å². The van der Waals surface area contributed by atoms with Crippen LogP contribution in [0.1, 0.15) is 25.8 Å². The third-order valence-corrected chi connectivity index (χ3v) is 4.87. The van der Waals surface area contributed by atoms with Crippen LogP contribution in [0.3, 0.4) is 0 Å². The van der Waals surface area contributed by atoms with Crippen LogP contribution in [0.5, 0.6) is 0 Å². The number of hydrogen-bond acceptors (Lipinski definition) is 3. The zero-order valence-electron chi connectivity index (χ0n) is 14.7. The number of likely N-dealkylation sites (tertiary alicyclic amines) is 1. The SMILES string of the molecule is C[C@H]1C[C@H](C)CN(Cc2ccc3oc(-c4cccc(F)c4)nc3c2)C1. The minimum absolute atomic E-state index is 0.284. The molecule has 0 radical (unpaired) electrons. The predicted molar refractivity (Wildman–Crippen MR) is 97.6 cm³/mol. The first-order chi connectivity index (χ1) is 12.1. The number of halogens is 1. The summed E-state index contributed by atoms with van der Waals surface area (Å²) in [6.07, 6.45) is 1.32. The summed E-state index contributed by atoms with van der Waals surface area (Å²) >= 11 is 0. The van der Waals surface area contributed by atoms with Crippen molar-refractivity contribution in [2.45, 2.75) is 26.8 Å². The summed E-state index contributed by atoms with van der Waals surface area (Å²) < 4.78 is 19.2. The molecule has 0 unspecified atom stereocenters. The summed E-state index contributed by atoms with van der Waals surface area (Å²) in [6.45, 7) is 7.89. The Morgan fingerprint density at radius 2 is 1.92 bits per heavy atom. The molecule has 0 saturated carbocycles. The molecule has 2 atom stereocenters. The number of fused-ring (bicyclic) bond motifs is 1. The van der Waals surface area contributed by atoms with E-state index in [1.165, 1.54) is 24.1 Å². The summed E-state index contributed by atoms with van der Waals surface area (Å²) in [5.41, 5.74) is 3.47. The highest BCUT2D eigenvalue weighted by molar-refractivity contribution is 5.76. The Morgan fingerprint density at radius 1 is 1.12 bits per heavy atom. The van der Waals surface area contributed by atoms with E-state index >= 15 is 0 Å². The van der Waals surface area contributed by atoms with Crippen LogP contribution >= 0.6 is 0 Å². The van der Waals surface area contributed by atoms with E-state index in [0.717, 1.165) is 42.6 Å². The second kappa shape index (κ2) is 6.60. The molecule has 0 N–H and O–H groups in total. The zero-order valence-corrected chi connectivity index (χ0v) is 14.7. The van der Waals surface area contributed by atoms with Crippen molar-refractivity contribution in [2.24, 2.45) is 11.8 Å². The van der Waals surface area contributed by atoms with Crippen LogP contribution in [0.2, 0.25) is 0 Å². The van der Waals surface area contributed by atoms with Crippen molar-refractivity contribution in [3.63, 3.8) is 0 Å². The molecule has 0 aliphatic carbocycles. The van der Waals surface area contributed by atoms with Gasteiger partial charge in [0.05, 0.1) is 0 Å². The number of nitrogens with zero attached hydrogens (tertiary/aromatic N) is 2.